The second kappa shape index (κ2) is 6.55. The van der Waals surface area contributed by atoms with E-state index in [1.807, 2.05) is 24.3 Å². The van der Waals surface area contributed by atoms with Gasteiger partial charge in [0, 0.05) is 29.9 Å². The van der Waals surface area contributed by atoms with Crippen LogP contribution in [0.15, 0.2) is 42.5 Å². The van der Waals surface area contributed by atoms with Crippen molar-refractivity contribution in [2.45, 2.75) is 13.2 Å². The van der Waals surface area contributed by atoms with E-state index in [9.17, 15) is 4.39 Å². The molecule has 2 aromatic rings. The summed E-state index contributed by atoms with van der Waals surface area (Å²) < 4.78 is 18.7. The van der Waals surface area contributed by atoms with Gasteiger partial charge in [-0.2, -0.15) is 0 Å². The van der Waals surface area contributed by atoms with Crippen molar-refractivity contribution in [1.29, 1.82) is 0 Å². The first kappa shape index (κ1) is 13.8. The van der Waals surface area contributed by atoms with E-state index in [4.69, 9.17) is 16.3 Å². The van der Waals surface area contributed by atoms with E-state index in [0.717, 1.165) is 11.3 Å². The lowest BCUT2D eigenvalue weighted by Gasteiger charge is -2.10. The molecule has 0 atom stereocenters. The van der Waals surface area contributed by atoms with Gasteiger partial charge in [0.25, 0.3) is 0 Å². The third kappa shape index (κ3) is 3.69. The first-order valence-electron chi connectivity index (χ1n) is 5.95. The maximum Gasteiger partial charge on any atom is 0.129 e. The van der Waals surface area contributed by atoms with Gasteiger partial charge < -0.3 is 10.1 Å². The molecule has 0 fully saturated rings. The maximum atomic E-state index is 13.6. The summed E-state index contributed by atoms with van der Waals surface area (Å²) in [4.78, 5) is 0. The molecule has 4 heteroatoms. The number of nitrogens with one attached hydrogen (secondary N) is 1. The molecule has 100 valence electrons. The standard InChI is InChI=1S/C15H15ClFNO/c1-19-10-11-4-2-5-12(8-11)18-9-13-14(16)6-3-7-15(13)17/h2-8,18H,9-10H2,1H3. The number of rotatable bonds is 5. The van der Waals surface area contributed by atoms with Crippen LogP contribution < -0.4 is 5.32 Å². The molecule has 0 aromatic heterocycles. The number of ether oxygens (including phenoxy) is 1. The Hall–Kier alpha value is -1.58. The van der Waals surface area contributed by atoms with Gasteiger partial charge in [0.15, 0.2) is 0 Å². The van der Waals surface area contributed by atoms with E-state index in [1.165, 1.54) is 6.07 Å². The van der Waals surface area contributed by atoms with E-state index in [-0.39, 0.29) is 5.82 Å². The van der Waals surface area contributed by atoms with Crippen molar-refractivity contribution < 1.29 is 9.13 Å². The summed E-state index contributed by atoms with van der Waals surface area (Å²) in [5.41, 5.74) is 2.45. The molecule has 0 heterocycles. The zero-order valence-corrected chi connectivity index (χ0v) is 11.4. The molecule has 0 spiro atoms. The molecule has 0 amide bonds. The second-order valence-electron chi connectivity index (χ2n) is 4.19. The van der Waals surface area contributed by atoms with Crippen molar-refractivity contribution in [3.05, 3.63) is 64.4 Å². The first-order chi connectivity index (χ1) is 9.20. The lowest BCUT2D eigenvalue weighted by Crippen LogP contribution is -2.03. The van der Waals surface area contributed by atoms with Crippen molar-refractivity contribution in [3.63, 3.8) is 0 Å². The monoisotopic (exact) mass is 279 g/mol. The van der Waals surface area contributed by atoms with E-state index in [2.05, 4.69) is 5.32 Å². The van der Waals surface area contributed by atoms with E-state index < -0.39 is 0 Å². The molecular weight excluding hydrogens is 265 g/mol. The van der Waals surface area contributed by atoms with Crippen LogP contribution in [0.1, 0.15) is 11.1 Å². The second-order valence-corrected chi connectivity index (χ2v) is 4.59. The number of anilines is 1. The summed E-state index contributed by atoms with van der Waals surface area (Å²) in [5.74, 6) is -0.298. The highest BCUT2D eigenvalue weighted by atomic mass is 35.5. The van der Waals surface area contributed by atoms with Crippen LogP contribution in [0.5, 0.6) is 0 Å². The molecule has 0 aliphatic heterocycles. The van der Waals surface area contributed by atoms with Gasteiger partial charge in [-0.1, -0.05) is 29.8 Å². The summed E-state index contributed by atoms with van der Waals surface area (Å²) in [5, 5.41) is 3.59. The summed E-state index contributed by atoms with van der Waals surface area (Å²) in [7, 11) is 1.65. The summed E-state index contributed by atoms with van der Waals surface area (Å²) >= 11 is 5.98. The Kier molecular flexibility index (Phi) is 4.77. The van der Waals surface area contributed by atoms with Crippen molar-refractivity contribution in [1.82, 2.24) is 0 Å². The Balaban J connectivity index is 2.08. The van der Waals surface area contributed by atoms with Crippen molar-refractivity contribution in [2.24, 2.45) is 0 Å². The van der Waals surface area contributed by atoms with Crippen LogP contribution in [0, 0.1) is 5.82 Å². The molecule has 1 N–H and O–H groups in total. The van der Waals surface area contributed by atoms with Crippen LogP contribution >= 0.6 is 11.6 Å². The predicted molar refractivity (Wildman–Crippen MR) is 75.9 cm³/mol. The Bertz CT molecular complexity index is 539. The van der Waals surface area contributed by atoms with E-state index in [1.54, 1.807) is 19.2 Å². The minimum atomic E-state index is -0.298. The van der Waals surface area contributed by atoms with Gasteiger partial charge in [0.2, 0.25) is 0 Å². The fraction of sp³-hybridized carbons (Fsp3) is 0.200. The third-order valence-electron chi connectivity index (χ3n) is 2.77. The van der Waals surface area contributed by atoms with Crippen molar-refractivity contribution >= 4 is 17.3 Å². The Morgan fingerprint density at radius 1 is 1.21 bits per heavy atom. The predicted octanol–water partition coefficient (Wildman–Crippen LogP) is 4.24. The summed E-state index contributed by atoms with van der Waals surface area (Å²) in [6.45, 7) is 0.901. The molecular formula is C15H15ClFNO. The van der Waals surface area contributed by atoms with Gasteiger partial charge in [0.05, 0.1) is 6.61 Å². The highest BCUT2D eigenvalue weighted by Gasteiger charge is 2.06. The highest BCUT2D eigenvalue weighted by molar-refractivity contribution is 6.31. The quantitative estimate of drug-likeness (QED) is 0.884. The highest BCUT2D eigenvalue weighted by Crippen LogP contribution is 2.20. The van der Waals surface area contributed by atoms with E-state index in [0.29, 0.717) is 23.7 Å². The van der Waals surface area contributed by atoms with Crippen LogP contribution in [-0.4, -0.2) is 7.11 Å². The molecule has 19 heavy (non-hydrogen) atoms. The molecule has 0 saturated carbocycles. The molecule has 0 unspecified atom stereocenters. The van der Waals surface area contributed by atoms with Crippen LogP contribution in [-0.2, 0) is 17.9 Å². The van der Waals surface area contributed by atoms with Gasteiger partial charge in [-0.05, 0) is 29.8 Å². The van der Waals surface area contributed by atoms with Gasteiger partial charge in [-0.3, -0.25) is 0 Å². The van der Waals surface area contributed by atoms with Crippen LogP contribution in [0.4, 0.5) is 10.1 Å². The lowest BCUT2D eigenvalue weighted by molar-refractivity contribution is 0.185. The molecule has 2 aromatic carbocycles. The Labute approximate surface area is 117 Å². The number of hydrogen-bond acceptors (Lipinski definition) is 2. The molecule has 0 saturated heterocycles. The average Bonchev–Trinajstić information content (AvgIpc) is 2.39. The van der Waals surface area contributed by atoms with Crippen LogP contribution in [0.3, 0.4) is 0 Å². The molecule has 0 aliphatic rings. The van der Waals surface area contributed by atoms with Crippen molar-refractivity contribution in [3.8, 4) is 0 Å². The van der Waals surface area contributed by atoms with Crippen LogP contribution in [0.2, 0.25) is 5.02 Å². The fourth-order valence-corrected chi connectivity index (χ4v) is 2.06. The topological polar surface area (TPSA) is 21.3 Å². The maximum absolute atomic E-state index is 13.6. The number of benzene rings is 2. The Morgan fingerprint density at radius 3 is 2.74 bits per heavy atom. The number of halogens is 2. The molecule has 0 aliphatic carbocycles. The summed E-state index contributed by atoms with van der Waals surface area (Å²) in [6.07, 6.45) is 0. The van der Waals surface area contributed by atoms with Gasteiger partial charge in [0.1, 0.15) is 5.82 Å². The SMILES string of the molecule is COCc1cccc(NCc2c(F)cccc2Cl)c1. The van der Waals surface area contributed by atoms with Gasteiger partial charge in [-0.15, -0.1) is 0 Å². The third-order valence-corrected chi connectivity index (χ3v) is 3.12. The van der Waals surface area contributed by atoms with Gasteiger partial charge >= 0.3 is 0 Å². The largest absolute Gasteiger partial charge is 0.381 e. The van der Waals surface area contributed by atoms with Crippen LogP contribution in [0.25, 0.3) is 0 Å². The fourth-order valence-electron chi connectivity index (χ4n) is 1.83. The molecule has 0 radical (unpaired) electrons. The smallest absolute Gasteiger partial charge is 0.129 e. The minimum absolute atomic E-state index is 0.298. The van der Waals surface area contributed by atoms with Crippen molar-refractivity contribution in [2.75, 3.05) is 12.4 Å². The van der Waals surface area contributed by atoms with Gasteiger partial charge in [-0.25, -0.2) is 4.39 Å². The van der Waals surface area contributed by atoms with E-state index >= 15 is 0 Å². The minimum Gasteiger partial charge on any atom is -0.381 e. The molecule has 2 nitrogen and oxygen atoms in total. The normalized spacial score (nSPS) is 10.5. The zero-order valence-electron chi connectivity index (χ0n) is 10.6. The average molecular weight is 280 g/mol. The lowest BCUT2D eigenvalue weighted by atomic mass is 10.2. The number of methoxy groups -OCH3 is 1. The molecule has 0 bridgehead atoms. The zero-order chi connectivity index (χ0) is 13.7. The molecule has 2 rings (SSSR count). The number of hydrogen-bond donors (Lipinski definition) is 1. The first-order valence-corrected chi connectivity index (χ1v) is 6.33. The summed E-state index contributed by atoms with van der Waals surface area (Å²) in [6, 6.07) is 12.5. The Morgan fingerprint density at radius 2 is 2.00 bits per heavy atom.